The van der Waals surface area contributed by atoms with E-state index in [4.69, 9.17) is 5.73 Å². The number of carbonyl (C=O) groups excluding carboxylic acids is 2. The fourth-order valence-electron chi connectivity index (χ4n) is 3.37. The largest absolute Gasteiger partial charge is 0.333 e. The average Bonchev–Trinajstić information content (AvgIpc) is 2.66. The second-order valence-electron chi connectivity index (χ2n) is 6.85. The lowest BCUT2D eigenvalue weighted by Gasteiger charge is -2.36. The van der Waals surface area contributed by atoms with Crippen LogP contribution in [0, 0.1) is 5.82 Å². The Labute approximate surface area is 157 Å². The molecule has 0 aliphatic carbocycles. The van der Waals surface area contributed by atoms with E-state index in [0.717, 1.165) is 11.4 Å². The fraction of sp³-hybridized carbons (Fsp3) is 0.350. The fourth-order valence-corrected chi connectivity index (χ4v) is 3.37. The SMILES string of the molecule is CN1C(=O)C(N(C)C(=O)C[C@H](N)Cc2ccccc2F)Cc2ncccc21. The Hall–Kier alpha value is -2.80. The molecule has 7 heteroatoms. The molecule has 2 heterocycles. The predicted octanol–water partition coefficient (Wildman–Crippen LogP) is 1.53. The molecule has 0 fully saturated rings. The van der Waals surface area contributed by atoms with Gasteiger partial charge in [0.05, 0.1) is 11.4 Å². The van der Waals surface area contributed by atoms with Gasteiger partial charge in [-0.1, -0.05) is 18.2 Å². The van der Waals surface area contributed by atoms with Gasteiger partial charge in [0.15, 0.2) is 0 Å². The van der Waals surface area contributed by atoms with Crippen molar-refractivity contribution in [2.24, 2.45) is 5.73 Å². The lowest BCUT2D eigenvalue weighted by atomic mass is 9.99. The zero-order valence-corrected chi connectivity index (χ0v) is 15.4. The maximum absolute atomic E-state index is 13.8. The molecule has 1 aliphatic heterocycles. The van der Waals surface area contributed by atoms with Crippen LogP contribution < -0.4 is 10.6 Å². The number of hydrogen-bond acceptors (Lipinski definition) is 4. The zero-order valence-electron chi connectivity index (χ0n) is 15.4. The van der Waals surface area contributed by atoms with Crippen molar-refractivity contribution in [1.82, 2.24) is 9.88 Å². The maximum Gasteiger partial charge on any atom is 0.249 e. The number of anilines is 1. The normalized spacial score (nSPS) is 17.4. The molecule has 1 aromatic carbocycles. The monoisotopic (exact) mass is 370 g/mol. The van der Waals surface area contributed by atoms with Gasteiger partial charge in [0.1, 0.15) is 11.9 Å². The van der Waals surface area contributed by atoms with Crippen LogP contribution in [-0.4, -0.2) is 47.9 Å². The number of likely N-dealkylation sites (N-methyl/N-ethyl adjacent to an activating group) is 2. The van der Waals surface area contributed by atoms with E-state index in [1.807, 2.05) is 6.07 Å². The Bertz CT molecular complexity index is 857. The molecule has 0 spiro atoms. The number of fused-ring (bicyclic) bond motifs is 1. The Kier molecular flexibility index (Phi) is 5.51. The Morgan fingerprint density at radius 2 is 2.11 bits per heavy atom. The molecule has 1 aromatic heterocycles. The second-order valence-corrected chi connectivity index (χ2v) is 6.85. The molecule has 2 atom stereocenters. The van der Waals surface area contributed by atoms with Crippen LogP contribution in [0.1, 0.15) is 17.7 Å². The number of benzene rings is 1. The average molecular weight is 370 g/mol. The van der Waals surface area contributed by atoms with E-state index in [0.29, 0.717) is 12.0 Å². The van der Waals surface area contributed by atoms with Gasteiger partial charge in [-0.05, 0) is 30.2 Å². The van der Waals surface area contributed by atoms with Gasteiger partial charge in [0.25, 0.3) is 0 Å². The Morgan fingerprint density at radius 3 is 2.85 bits per heavy atom. The molecule has 27 heavy (non-hydrogen) atoms. The molecular weight excluding hydrogens is 347 g/mol. The van der Waals surface area contributed by atoms with Crippen molar-refractivity contribution in [2.45, 2.75) is 31.3 Å². The first-order valence-corrected chi connectivity index (χ1v) is 8.84. The lowest BCUT2D eigenvalue weighted by molar-refractivity contribution is -0.138. The number of halogens is 1. The third-order valence-electron chi connectivity index (χ3n) is 4.97. The zero-order chi connectivity index (χ0) is 19.6. The van der Waals surface area contributed by atoms with Gasteiger partial charge in [0.2, 0.25) is 11.8 Å². The molecule has 1 unspecified atom stereocenters. The predicted molar refractivity (Wildman–Crippen MR) is 101 cm³/mol. The minimum atomic E-state index is -0.620. The molecule has 2 amide bonds. The summed E-state index contributed by atoms with van der Waals surface area (Å²) in [5, 5.41) is 0. The van der Waals surface area contributed by atoms with Crippen molar-refractivity contribution in [2.75, 3.05) is 19.0 Å². The summed E-state index contributed by atoms with van der Waals surface area (Å²) in [6.07, 6.45) is 2.33. The van der Waals surface area contributed by atoms with Crippen LogP contribution in [-0.2, 0) is 22.4 Å². The molecule has 3 rings (SSSR count). The van der Waals surface area contributed by atoms with E-state index in [1.54, 1.807) is 44.6 Å². The highest BCUT2D eigenvalue weighted by Gasteiger charge is 2.36. The van der Waals surface area contributed by atoms with Crippen molar-refractivity contribution in [1.29, 1.82) is 0 Å². The first-order chi connectivity index (χ1) is 12.9. The van der Waals surface area contributed by atoms with Gasteiger partial charge < -0.3 is 15.5 Å². The number of hydrogen-bond donors (Lipinski definition) is 1. The quantitative estimate of drug-likeness (QED) is 0.866. The van der Waals surface area contributed by atoms with Crippen LogP contribution in [0.2, 0.25) is 0 Å². The number of nitrogens with two attached hydrogens (primary N) is 1. The summed E-state index contributed by atoms with van der Waals surface area (Å²) >= 11 is 0. The molecule has 0 bridgehead atoms. The van der Waals surface area contributed by atoms with Crippen LogP contribution in [0.3, 0.4) is 0 Å². The van der Waals surface area contributed by atoms with Gasteiger partial charge in [0, 0.05) is 39.2 Å². The highest BCUT2D eigenvalue weighted by Crippen LogP contribution is 2.26. The van der Waals surface area contributed by atoms with Crippen LogP contribution in [0.15, 0.2) is 42.6 Å². The molecule has 142 valence electrons. The third-order valence-corrected chi connectivity index (χ3v) is 4.97. The molecule has 6 nitrogen and oxygen atoms in total. The van der Waals surface area contributed by atoms with E-state index in [1.165, 1.54) is 15.9 Å². The van der Waals surface area contributed by atoms with Gasteiger partial charge in [-0.3, -0.25) is 14.6 Å². The van der Waals surface area contributed by atoms with Crippen molar-refractivity contribution in [3.63, 3.8) is 0 Å². The summed E-state index contributed by atoms with van der Waals surface area (Å²) < 4.78 is 13.8. The maximum atomic E-state index is 13.8. The van der Waals surface area contributed by atoms with Gasteiger partial charge in [-0.2, -0.15) is 0 Å². The first-order valence-electron chi connectivity index (χ1n) is 8.84. The van der Waals surface area contributed by atoms with E-state index >= 15 is 0 Å². The highest BCUT2D eigenvalue weighted by atomic mass is 19.1. The molecule has 0 saturated heterocycles. The number of carbonyl (C=O) groups is 2. The van der Waals surface area contributed by atoms with Crippen molar-refractivity contribution in [3.8, 4) is 0 Å². The summed E-state index contributed by atoms with van der Waals surface area (Å²) in [6.45, 7) is 0. The van der Waals surface area contributed by atoms with Crippen LogP contribution >= 0.6 is 0 Å². The number of amides is 2. The second kappa shape index (κ2) is 7.84. The van der Waals surface area contributed by atoms with Gasteiger partial charge in [-0.25, -0.2) is 4.39 Å². The molecule has 2 N–H and O–H groups in total. The standard InChI is InChI=1S/C20H23FN4O2/c1-24(18-12-16-17(8-5-9-23-16)25(2)20(18)27)19(26)11-14(22)10-13-6-3-4-7-15(13)21/h3-9,14,18H,10-12,22H2,1-2H3/t14-,18?/m1/s1. The molecule has 0 radical (unpaired) electrons. The summed E-state index contributed by atoms with van der Waals surface area (Å²) in [7, 11) is 3.28. The summed E-state index contributed by atoms with van der Waals surface area (Å²) in [6, 6.07) is 8.84. The first kappa shape index (κ1) is 19.0. The molecule has 2 aromatic rings. The Balaban J connectivity index is 1.67. The molecular formula is C20H23FN4O2. The van der Waals surface area contributed by atoms with Crippen molar-refractivity contribution < 1.29 is 14.0 Å². The highest BCUT2D eigenvalue weighted by molar-refractivity contribution is 6.01. The van der Waals surface area contributed by atoms with Crippen molar-refractivity contribution in [3.05, 3.63) is 59.7 Å². The number of nitrogens with zero attached hydrogens (tertiary/aromatic N) is 3. The van der Waals surface area contributed by atoms with E-state index in [9.17, 15) is 14.0 Å². The summed E-state index contributed by atoms with van der Waals surface area (Å²) in [4.78, 5) is 32.6. The van der Waals surface area contributed by atoms with Gasteiger partial charge >= 0.3 is 0 Å². The number of pyridine rings is 1. The van der Waals surface area contributed by atoms with Crippen LogP contribution in [0.5, 0.6) is 0 Å². The minimum absolute atomic E-state index is 0.0351. The molecule has 0 saturated carbocycles. The topological polar surface area (TPSA) is 79.5 Å². The minimum Gasteiger partial charge on any atom is -0.333 e. The Morgan fingerprint density at radius 1 is 1.37 bits per heavy atom. The third kappa shape index (κ3) is 3.98. The van der Waals surface area contributed by atoms with Crippen molar-refractivity contribution >= 4 is 17.5 Å². The summed E-state index contributed by atoms with van der Waals surface area (Å²) in [5.41, 5.74) is 8.08. The lowest BCUT2D eigenvalue weighted by Crippen LogP contribution is -2.53. The van der Waals surface area contributed by atoms with Crippen LogP contribution in [0.25, 0.3) is 0 Å². The molecule has 1 aliphatic rings. The number of rotatable bonds is 5. The van der Waals surface area contributed by atoms with Gasteiger partial charge in [-0.15, -0.1) is 0 Å². The van der Waals surface area contributed by atoms with Crippen LogP contribution in [0.4, 0.5) is 10.1 Å². The number of aromatic nitrogens is 1. The van der Waals surface area contributed by atoms with E-state index < -0.39 is 12.1 Å². The smallest absolute Gasteiger partial charge is 0.249 e. The van der Waals surface area contributed by atoms with E-state index in [2.05, 4.69) is 4.98 Å². The summed E-state index contributed by atoms with van der Waals surface area (Å²) in [5.74, 6) is -0.737. The van der Waals surface area contributed by atoms with E-state index in [-0.39, 0.29) is 30.5 Å².